The lowest BCUT2D eigenvalue weighted by Crippen LogP contribution is -1.99. The third-order valence-electron chi connectivity index (χ3n) is 2.27. The van der Waals surface area contributed by atoms with Crippen molar-refractivity contribution in [3.8, 4) is 0 Å². The number of aryl methyl sites for hydroxylation is 3. The molecule has 0 aromatic carbocycles. The van der Waals surface area contributed by atoms with E-state index in [1.165, 1.54) is 11.8 Å². The van der Waals surface area contributed by atoms with Crippen molar-refractivity contribution in [2.45, 2.75) is 30.6 Å². The fourth-order valence-corrected chi connectivity index (χ4v) is 2.48. The first-order valence-electron chi connectivity index (χ1n) is 4.94. The fourth-order valence-electron chi connectivity index (χ4n) is 1.51. The van der Waals surface area contributed by atoms with Crippen molar-refractivity contribution in [2.75, 3.05) is 0 Å². The molecule has 2 heterocycles. The summed E-state index contributed by atoms with van der Waals surface area (Å²) < 4.78 is 7.11. The molecule has 5 nitrogen and oxygen atoms in total. The number of hydrogen-bond acceptors (Lipinski definition) is 5. The first-order valence-corrected chi connectivity index (χ1v) is 5.76. The monoisotopic (exact) mass is 238 g/mol. The van der Waals surface area contributed by atoms with E-state index in [-0.39, 0.29) is 0 Å². The first kappa shape index (κ1) is 11.2. The van der Waals surface area contributed by atoms with Crippen molar-refractivity contribution < 1.29 is 4.42 Å². The van der Waals surface area contributed by atoms with Crippen LogP contribution in [0.3, 0.4) is 0 Å². The van der Waals surface area contributed by atoms with Crippen LogP contribution in [0.4, 0.5) is 0 Å². The summed E-state index contributed by atoms with van der Waals surface area (Å²) in [6.07, 6.45) is 1.63. The summed E-state index contributed by atoms with van der Waals surface area (Å²) >= 11 is 1.45. The molecule has 16 heavy (non-hydrogen) atoms. The topological polar surface area (TPSA) is 69.9 Å². The summed E-state index contributed by atoms with van der Waals surface area (Å²) in [6, 6.07) is 0. The zero-order valence-electron chi connectivity index (χ0n) is 9.52. The average Bonchev–Trinajstić information content (AvgIpc) is 2.73. The Kier molecular flexibility index (Phi) is 3.02. The molecule has 0 aliphatic heterocycles. The summed E-state index contributed by atoms with van der Waals surface area (Å²) in [5.41, 5.74) is 8.58. The Morgan fingerprint density at radius 2 is 2.25 bits per heavy atom. The number of oxazole rings is 1. The molecule has 0 aliphatic rings. The van der Waals surface area contributed by atoms with Crippen molar-refractivity contribution in [3.05, 3.63) is 23.2 Å². The molecule has 0 bridgehead atoms. The number of nitrogens with two attached hydrogens (primary N) is 1. The standard InChI is InChI=1S/C10H14N4OS/c1-6-5-15-10(12-6)16-9-8(4-11)7(2)13-14(9)3/h5H,4,11H2,1-3H3. The zero-order valence-corrected chi connectivity index (χ0v) is 10.3. The molecule has 2 aromatic rings. The molecule has 0 radical (unpaired) electrons. The van der Waals surface area contributed by atoms with Gasteiger partial charge in [0, 0.05) is 19.2 Å². The number of rotatable bonds is 3. The van der Waals surface area contributed by atoms with Gasteiger partial charge in [-0.05, 0) is 25.6 Å². The van der Waals surface area contributed by atoms with E-state index in [2.05, 4.69) is 10.1 Å². The van der Waals surface area contributed by atoms with Crippen LogP contribution < -0.4 is 5.73 Å². The molecule has 2 rings (SSSR count). The number of hydrogen-bond donors (Lipinski definition) is 1. The molecule has 0 spiro atoms. The molecular weight excluding hydrogens is 224 g/mol. The Morgan fingerprint density at radius 1 is 1.50 bits per heavy atom. The van der Waals surface area contributed by atoms with E-state index in [9.17, 15) is 0 Å². The molecule has 86 valence electrons. The second kappa shape index (κ2) is 4.31. The van der Waals surface area contributed by atoms with Gasteiger partial charge in [-0.1, -0.05) is 0 Å². The molecule has 2 aromatic heterocycles. The lowest BCUT2D eigenvalue weighted by Gasteiger charge is -2.00. The minimum atomic E-state index is 0.474. The second-order valence-corrected chi connectivity index (χ2v) is 4.49. The minimum absolute atomic E-state index is 0.474. The van der Waals surface area contributed by atoms with Gasteiger partial charge >= 0.3 is 0 Å². The predicted octanol–water partition coefficient (Wildman–Crippen LogP) is 1.63. The van der Waals surface area contributed by atoms with E-state index in [1.54, 1.807) is 6.26 Å². The highest BCUT2D eigenvalue weighted by Gasteiger charge is 2.15. The largest absolute Gasteiger partial charge is 0.439 e. The molecule has 0 atom stereocenters. The maximum Gasteiger partial charge on any atom is 0.262 e. The van der Waals surface area contributed by atoms with Crippen LogP contribution in [-0.4, -0.2) is 14.8 Å². The molecule has 6 heteroatoms. The van der Waals surface area contributed by atoms with Gasteiger partial charge in [0.25, 0.3) is 5.22 Å². The summed E-state index contributed by atoms with van der Waals surface area (Å²) in [7, 11) is 1.89. The summed E-state index contributed by atoms with van der Waals surface area (Å²) in [5, 5.41) is 5.94. The van der Waals surface area contributed by atoms with Crippen LogP contribution in [0.1, 0.15) is 17.0 Å². The van der Waals surface area contributed by atoms with Crippen molar-refractivity contribution in [3.63, 3.8) is 0 Å². The molecule has 0 aliphatic carbocycles. The van der Waals surface area contributed by atoms with Gasteiger partial charge in [0.1, 0.15) is 11.3 Å². The summed E-state index contributed by atoms with van der Waals surface area (Å²) in [5.74, 6) is 0. The maximum atomic E-state index is 5.71. The minimum Gasteiger partial charge on any atom is -0.439 e. The van der Waals surface area contributed by atoms with Crippen LogP contribution in [0.25, 0.3) is 0 Å². The van der Waals surface area contributed by atoms with Crippen molar-refractivity contribution >= 4 is 11.8 Å². The second-order valence-electron chi connectivity index (χ2n) is 3.55. The molecule has 0 unspecified atom stereocenters. The maximum absolute atomic E-state index is 5.71. The first-order chi connectivity index (χ1) is 7.61. The Bertz CT molecular complexity index is 503. The Balaban J connectivity index is 2.33. The third-order valence-corrected chi connectivity index (χ3v) is 3.34. The highest BCUT2D eigenvalue weighted by molar-refractivity contribution is 7.99. The quantitative estimate of drug-likeness (QED) is 0.880. The van der Waals surface area contributed by atoms with Crippen molar-refractivity contribution in [2.24, 2.45) is 12.8 Å². The van der Waals surface area contributed by atoms with Gasteiger partial charge in [-0.25, -0.2) is 4.98 Å². The molecule has 0 saturated carbocycles. The predicted molar refractivity (Wildman–Crippen MR) is 61.2 cm³/mol. The van der Waals surface area contributed by atoms with Gasteiger partial charge in [-0.15, -0.1) is 0 Å². The molecule has 2 N–H and O–H groups in total. The Hall–Kier alpha value is -1.27. The van der Waals surface area contributed by atoms with E-state index in [4.69, 9.17) is 10.2 Å². The smallest absolute Gasteiger partial charge is 0.262 e. The summed E-state index contributed by atoms with van der Waals surface area (Å²) in [6.45, 7) is 4.32. The Morgan fingerprint density at radius 3 is 2.81 bits per heavy atom. The lowest BCUT2D eigenvalue weighted by atomic mass is 10.3. The number of aromatic nitrogens is 3. The van der Waals surface area contributed by atoms with Crippen molar-refractivity contribution in [1.82, 2.24) is 14.8 Å². The molecule has 0 fully saturated rings. The van der Waals surface area contributed by atoms with Crippen LogP contribution >= 0.6 is 11.8 Å². The lowest BCUT2D eigenvalue weighted by molar-refractivity contribution is 0.453. The summed E-state index contributed by atoms with van der Waals surface area (Å²) in [4.78, 5) is 4.25. The van der Waals surface area contributed by atoms with E-state index in [0.29, 0.717) is 11.8 Å². The normalized spacial score (nSPS) is 11.0. The van der Waals surface area contributed by atoms with Gasteiger partial charge < -0.3 is 10.2 Å². The van der Waals surface area contributed by atoms with E-state index in [0.717, 1.165) is 22.0 Å². The molecular formula is C10H14N4OS. The van der Waals surface area contributed by atoms with Crippen LogP contribution in [0.5, 0.6) is 0 Å². The van der Waals surface area contributed by atoms with E-state index in [1.807, 2.05) is 25.6 Å². The van der Waals surface area contributed by atoms with E-state index >= 15 is 0 Å². The Labute approximate surface area is 98.0 Å². The number of nitrogens with zero attached hydrogens (tertiary/aromatic N) is 3. The molecule has 0 saturated heterocycles. The molecule has 0 amide bonds. The zero-order chi connectivity index (χ0) is 11.7. The van der Waals surface area contributed by atoms with Gasteiger partial charge in [0.05, 0.1) is 11.4 Å². The van der Waals surface area contributed by atoms with Crippen molar-refractivity contribution in [1.29, 1.82) is 0 Å². The highest BCUT2D eigenvalue weighted by Crippen LogP contribution is 2.30. The van der Waals surface area contributed by atoms with Crippen LogP contribution in [0, 0.1) is 13.8 Å². The average molecular weight is 238 g/mol. The highest BCUT2D eigenvalue weighted by atomic mass is 32.2. The van der Waals surface area contributed by atoms with Crippen LogP contribution in [-0.2, 0) is 13.6 Å². The third kappa shape index (κ3) is 1.98. The van der Waals surface area contributed by atoms with Gasteiger partial charge in [0.2, 0.25) is 0 Å². The van der Waals surface area contributed by atoms with Gasteiger partial charge in [0.15, 0.2) is 0 Å². The van der Waals surface area contributed by atoms with Crippen LogP contribution in [0.2, 0.25) is 0 Å². The van der Waals surface area contributed by atoms with Gasteiger partial charge in [-0.2, -0.15) is 5.10 Å². The van der Waals surface area contributed by atoms with Crippen LogP contribution in [0.15, 0.2) is 20.9 Å². The SMILES string of the molecule is Cc1coc(Sc2c(CN)c(C)nn2C)n1. The van der Waals surface area contributed by atoms with E-state index < -0.39 is 0 Å². The fraction of sp³-hybridized carbons (Fsp3) is 0.400. The van der Waals surface area contributed by atoms with Gasteiger partial charge in [-0.3, -0.25) is 4.68 Å².